The van der Waals surface area contributed by atoms with Gasteiger partial charge < -0.3 is 14.6 Å². The lowest BCUT2D eigenvalue weighted by molar-refractivity contribution is 0.110. The zero-order valence-corrected chi connectivity index (χ0v) is 8.62. The molecule has 1 N–H and O–H groups in total. The summed E-state index contributed by atoms with van der Waals surface area (Å²) >= 11 is 0. The van der Waals surface area contributed by atoms with Crippen molar-refractivity contribution in [1.82, 2.24) is 0 Å². The third kappa shape index (κ3) is 3.26. The number of ether oxygens (including phenoxy) is 2. The van der Waals surface area contributed by atoms with Gasteiger partial charge in [0.25, 0.3) is 0 Å². The lowest BCUT2D eigenvalue weighted by Crippen LogP contribution is -2.06. The molecule has 0 radical (unpaired) electrons. The molecule has 1 aromatic carbocycles. The van der Waals surface area contributed by atoms with E-state index in [9.17, 15) is 5.11 Å². The highest BCUT2D eigenvalue weighted by Gasteiger charge is 1.98. The van der Waals surface area contributed by atoms with Gasteiger partial charge in [-0.05, 0) is 37.6 Å². The van der Waals surface area contributed by atoms with Crippen molar-refractivity contribution in [3.63, 3.8) is 0 Å². The molecular formula is C11H16O3. The third-order valence-electron chi connectivity index (χ3n) is 1.87. The molecule has 0 saturated carbocycles. The number of rotatable bonds is 5. The van der Waals surface area contributed by atoms with Gasteiger partial charge in [-0.25, -0.2) is 0 Å². The molecule has 0 aliphatic rings. The largest absolute Gasteiger partial charge is 0.508 e. The van der Waals surface area contributed by atoms with Crippen LogP contribution in [0.25, 0.3) is 0 Å². The Morgan fingerprint density at radius 1 is 1.29 bits per heavy atom. The average molecular weight is 196 g/mol. The number of hydrogen-bond donors (Lipinski definition) is 1. The monoisotopic (exact) mass is 196 g/mol. The van der Waals surface area contributed by atoms with E-state index in [-0.39, 0.29) is 0 Å². The molecule has 0 aromatic heterocycles. The summed E-state index contributed by atoms with van der Waals surface area (Å²) in [4.78, 5) is 0. The van der Waals surface area contributed by atoms with E-state index < -0.39 is 0 Å². The van der Waals surface area contributed by atoms with Gasteiger partial charge in [-0.2, -0.15) is 0 Å². The summed E-state index contributed by atoms with van der Waals surface area (Å²) in [7, 11) is 0. The fourth-order valence-corrected chi connectivity index (χ4v) is 1.08. The van der Waals surface area contributed by atoms with Gasteiger partial charge in [0, 0.05) is 6.61 Å². The Bertz CT molecular complexity index is 284. The third-order valence-corrected chi connectivity index (χ3v) is 1.87. The van der Waals surface area contributed by atoms with E-state index in [4.69, 9.17) is 9.47 Å². The highest BCUT2D eigenvalue weighted by molar-refractivity contribution is 5.38. The molecule has 0 spiro atoms. The van der Waals surface area contributed by atoms with E-state index in [1.807, 2.05) is 13.8 Å². The Hall–Kier alpha value is -1.22. The highest BCUT2D eigenvalue weighted by atomic mass is 16.5. The van der Waals surface area contributed by atoms with Crippen LogP contribution in [0.15, 0.2) is 18.2 Å². The lowest BCUT2D eigenvalue weighted by atomic mass is 10.2. The van der Waals surface area contributed by atoms with Crippen LogP contribution in [0.2, 0.25) is 0 Å². The van der Waals surface area contributed by atoms with Crippen LogP contribution in [0, 0.1) is 6.92 Å². The second-order valence-electron chi connectivity index (χ2n) is 2.99. The van der Waals surface area contributed by atoms with E-state index in [1.54, 1.807) is 18.2 Å². The average Bonchev–Trinajstić information content (AvgIpc) is 2.18. The summed E-state index contributed by atoms with van der Waals surface area (Å²) in [6.07, 6.45) is 0. The van der Waals surface area contributed by atoms with Crippen LogP contribution in [-0.4, -0.2) is 24.9 Å². The summed E-state index contributed by atoms with van der Waals surface area (Å²) in [5.41, 5.74) is 0.818. The molecule has 0 aliphatic heterocycles. The fourth-order valence-electron chi connectivity index (χ4n) is 1.08. The van der Waals surface area contributed by atoms with E-state index in [2.05, 4.69) is 0 Å². The summed E-state index contributed by atoms with van der Waals surface area (Å²) in [6.45, 7) is 5.63. The van der Waals surface area contributed by atoms with Gasteiger partial charge >= 0.3 is 0 Å². The molecule has 0 unspecified atom stereocenters. The number of aryl methyl sites for hydroxylation is 1. The van der Waals surface area contributed by atoms with E-state index in [0.717, 1.165) is 11.3 Å². The van der Waals surface area contributed by atoms with Crippen molar-refractivity contribution in [1.29, 1.82) is 0 Å². The maximum Gasteiger partial charge on any atom is 0.119 e. The van der Waals surface area contributed by atoms with Crippen molar-refractivity contribution in [3.8, 4) is 11.5 Å². The van der Waals surface area contributed by atoms with Crippen LogP contribution in [0.5, 0.6) is 11.5 Å². The van der Waals surface area contributed by atoms with E-state index in [0.29, 0.717) is 25.6 Å². The highest BCUT2D eigenvalue weighted by Crippen LogP contribution is 2.21. The van der Waals surface area contributed by atoms with Crippen LogP contribution < -0.4 is 4.74 Å². The first-order chi connectivity index (χ1) is 6.74. The first-order valence-electron chi connectivity index (χ1n) is 4.74. The van der Waals surface area contributed by atoms with Crippen molar-refractivity contribution < 1.29 is 14.6 Å². The van der Waals surface area contributed by atoms with Gasteiger partial charge in [0.1, 0.15) is 18.1 Å². The predicted octanol–water partition coefficient (Wildman–Crippen LogP) is 2.12. The van der Waals surface area contributed by atoms with Gasteiger partial charge in [-0.15, -0.1) is 0 Å². The van der Waals surface area contributed by atoms with Crippen LogP contribution in [0.4, 0.5) is 0 Å². The van der Waals surface area contributed by atoms with E-state index in [1.165, 1.54) is 0 Å². The van der Waals surface area contributed by atoms with Crippen LogP contribution in [-0.2, 0) is 4.74 Å². The van der Waals surface area contributed by atoms with Gasteiger partial charge in [-0.1, -0.05) is 0 Å². The minimum atomic E-state index is 0.294. The van der Waals surface area contributed by atoms with Crippen molar-refractivity contribution in [2.75, 3.05) is 19.8 Å². The van der Waals surface area contributed by atoms with Crippen LogP contribution in [0.3, 0.4) is 0 Å². The number of phenolic OH excluding ortho intramolecular Hbond substituents is 1. The molecular weight excluding hydrogens is 180 g/mol. The number of aromatic hydroxyl groups is 1. The molecule has 0 bridgehead atoms. The maximum absolute atomic E-state index is 9.27. The fraction of sp³-hybridized carbons (Fsp3) is 0.455. The molecule has 0 saturated heterocycles. The van der Waals surface area contributed by atoms with Crippen molar-refractivity contribution in [2.24, 2.45) is 0 Å². The predicted molar refractivity (Wildman–Crippen MR) is 54.8 cm³/mol. The molecule has 14 heavy (non-hydrogen) atoms. The maximum atomic E-state index is 9.27. The van der Waals surface area contributed by atoms with E-state index >= 15 is 0 Å². The zero-order valence-electron chi connectivity index (χ0n) is 8.62. The SMILES string of the molecule is CCOCCOc1ccc(O)c(C)c1. The minimum Gasteiger partial charge on any atom is -0.508 e. The molecule has 0 atom stereocenters. The first-order valence-corrected chi connectivity index (χ1v) is 4.74. The Morgan fingerprint density at radius 2 is 2.07 bits per heavy atom. The second-order valence-corrected chi connectivity index (χ2v) is 2.99. The van der Waals surface area contributed by atoms with Crippen LogP contribution in [0.1, 0.15) is 12.5 Å². The topological polar surface area (TPSA) is 38.7 Å². The number of hydrogen-bond acceptors (Lipinski definition) is 3. The second kappa shape index (κ2) is 5.50. The Labute approximate surface area is 84.3 Å². The van der Waals surface area contributed by atoms with Crippen molar-refractivity contribution in [2.45, 2.75) is 13.8 Å². The quantitative estimate of drug-likeness (QED) is 0.733. The summed E-state index contributed by atoms with van der Waals surface area (Å²) in [5.74, 6) is 1.06. The molecule has 1 rings (SSSR count). The summed E-state index contributed by atoms with van der Waals surface area (Å²) < 4.78 is 10.5. The molecule has 78 valence electrons. The normalized spacial score (nSPS) is 10.1. The van der Waals surface area contributed by atoms with Gasteiger partial charge in [0.15, 0.2) is 0 Å². The summed E-state index contributed by atoms with van der Waals surface area (Å²) in [5, 5.41) is 9.27. The molecule has 0 fully saturated rings. The first kappa shape index (κ1) is 10.9. The number of phenols is 1. The molecule has 0 amide bonds. The summed E-state index contributed by atoms with van der Waals surface area (Å²) in [6, 6.07) is 5.18. The number of benzene rings is 1. The Morgan fingerprint density at radius 3 is 2.71 bits per heavy atom. The zero-order chi connectivity index (χ0) is 10.4. The minimum absolute atomic E-state index is 0.294. The molecule has 0 heterocycles. The standard InChI is InChI=1S/C11H16O3/c1-3-13-6-7-14-10-4-5-11(12)9(2)8-10/h4-5,8,12H,3,6-7H2,1-2H3. The Kier molecular flexibility index (Phi) is 4.26. The van der Waals surface area contributed by atoms with Crippen LogP contribution >= 0.6 is 0 Å². The smallest absolute Gasteiger partial charge is 0.119 e. The van der Waals surface area contributed by atoms with Gasteiger partial charge in [-0.3, -0.25) is 0 Å². The molecule has 1 aromatic rings. The molecule has 3 heteroatoms. The molecule has 0 aliphatic carbocycles. The van der Waals surface area contributed by atoms with Gasteiger partial charge in [0.2, 0.25) is 0 Å². The van der Waals surface area contributed by atoms with Crippen molar-refractivity contribution in [3.05, 3.63) is 23.8 Å². The Balaban J connectivity index is 2.39. The van der Waals surface area contributed by atoms with Gasteiger partial charge in [0.05, 0.1) is 6.61 Å². The van der Waals surface area contributed by atoms with Crippen molar-refractivity contribution >= 4 is 0 Å². The molecule has 3 nitrogen and oxygen atoms in total. The lowest BCUT2D eigenvalue weighted by Gasteiger charge is -2.07.